The average molecular weight is 303 g/mol. The van der Waals surface area contributed by atoms with E-state index in [1.807, 2.05) is 13.0 Å². The van der Waals surface area contributed by atoms with Crippen LogP contribution in [0.3, 0.4) is 0 Å². The number of nitrogens with two attached hydrogens (primary N) is 1. The molecule has 1 unspecified atom stereocenters. The summed E-state index contributed by atoms with van der Waals surface area (Å²) >= 11 is 5.55. The largest absolute Gasteiger partial charge is 0.369 e. The molecule has 0 aliphatic rings. The lowest BCUT2D eigenvalue weighted by molar-refractivity contribution is -0.135. The summed E-state index contributed by atoms with van der Waals surface area (Å²) in [6.07, 6.45) is 4.00. The number of carbonyl (C=O) groups excluding carboxylic acids is 3. The standard InChI is InChI=1S/C14H23ClN2O3/c1-4-5-6-9(2)7-11(12(18)8-15)17-14(20)10(3)13(16)19/h4,9-11H,1,5-8H2,2-3H3,(H2,16,19)(H,17,20)/t9-,10?,11+/m0/s1. The van der Waals surface area contributed by atoms with Gasteiger partial charge in [0.05, 0.1) is 11.9 Å². The van der Waals surface area contributed by atoms with Gasteiger partial charge in [-0.25, -0.2) is 0 Å². The smallest absolute Gasteiger partial charge is 0.232 e. The molecule has 0 saturated heterocycles. The van der Waals surface area contributed by atoms with Gasteiger partial charge in [-0.15, -0.1) is 18.2 Å². The zero-order chi connectivity index (χ0) is 15.7. The van der Waals surface area contributed by atoms with Crippen molar-refractivity contribution in [2.75, 3.05) is 5.88 Å². The first-order chi connectivity index (χ1) is 9.33. The number of rotatable bonds is 10. The van der Waals surface area contributed by atoms with E-state index in [-0.39, 0.29) is 17.6 Å². The molecule has 6 heteroatoms. The molecular formula is C14H23ClN2O3. The molecule has 0 aromatic carbocycles. The van der Waals surface area contributed by atoms with Gasteiger partial charge in [0.2, 0.25) is 11.8 Å². The fraction of sp³-hybridized carbons (Fsp3) is 0.643. The summed E-state index contributed by atoms with van der Waals surface area (Å²) in [5.74, 6) is -2.44. The highest BCUT2D eigenvalue weighted by Gasteiger charge is 2.26. The number of allylic oxidation sites excluding steroid dienone is 1. The number of hydrogen-bond acceptors (Lipinski definition) is 3. The van der Waals surface area contributed by atoms with Crippen LogP contribution in [0.5, 0.6) is 0 Å². The Balaban J connectivity index is 4.65. The van der Waals surface area contributed by atoms with Gasteiger partial charge in [-0.2, -0.15) is 0 Å². The third kappa shape index (κ3) is 6.70. The van der Waals surface area contributed by atoms with Crippen molar-refractivity contribution in [3.05, 3.63) is 12.7 Å². The monoisotopic (exact) mass is 302 g/mol. The van der Waals surface area contributed by atoms with E-state index < -0.39 is 23.8 Å². The Hall–Kier alpha value is -1.36. The summed E-state index contributed by atoms with van der Waals surface area (Å²) in [5, 5.41) is 2.56. The Morgan fingerprint density at radius 2 is 1.95 bits per heavy atom. The van der Waals surface area contributed by atoms with Gasteiger partial charge in [0.25, 0.3) is 0 Å². The van der Waals surface area contributed by atoms with Crippen LogP contribution in [-0.2, 0) is 14.4 Å². The SMILES string of the molecule is C=CCC[C@H](C)C[C@@H](NC(=O)C(C)C(N)=O)C(=O)CCl. The van der Waals surface area contributed by atoms with Gasteiger partial charge in [0.15, 0.2) is 5.78 Å². The van der Waals surface area contributed by atoms with Crippen LogP contribution < -0.4 is 11.1 Å². The number of amides is 2. The van der Waals surface area contributed by atoms with Crippen molar-refractivity contribution in [2.24, 2.45) is 17.6 Å². The van der Waals surface area contributed by atoms with E-state index in [2.05, 4.69) is 11.9 Å². The molecule has 0 heterocycles. The lowest BCUT2D eigenvalue weighted by atomic mass is 9.94. The van der Waals surface area contributed by atoms with Crippen molar-refractivity contribution in [3.8, 4) is 0 Å². The summed E-state index contributed by atoms with van der Waals surface area (Å²) in [7, 11) is 0. The molecule has 0 aliphatic carbocycles. The topological polar surface area (TPSA) is 89.3 Å². The zero-order valence-electron chi connectivity index (χ0n) is 12.0. The Morgan fingerprint density at radius 1 is 1.35 bits per heavy atom. The van der Waals surface area contributed by atoms with Crippen LogP contribution in [0.4, 0.5) is 0 Å². The van der Waals surface area contributed by atoms with Crippen molar-refractivity contribution in [2.45, 2.75) is 39.2 Å². The molecule has 5 nitrogen and oxygen atoms in total. The van der Waals surface area contributed by atoms with E-state index in [9.17, 15) is 14.4 Å². The number of carbonyl (C=O) groups is 3. The van der Waals surface area contributed by atoms with Crippen molar-refractivity contribution >= 4 is 29.2 Å². The maximum atomic E-state index is 11.8. The Bertz CT molecular complexity index is 371. The van der Waals surface area contributed by atoms with Crippen molar-refractivity contribution in [3.63, 3.8) is 0 Å². The first-order valence-corrected chi connectivity index (χ1v) is 7.16. The molecule has 114 valence electrons. The molecule has 0 aliphatic heterocycles. The minimum atomic E-state index is -0.968. The van der Waals surface area contributed by atoms with Gasteiger partial charge in [-0.1, -0.05) is 13.0 Å². The Morgan fingerprint density at radius 3 is 2.40 bits per heavy atom. The van der Waals surface area contributed by atoms with E-state index in [1.54, 1.807) is 0 Å². The van der Waals surface area contributed by atoms with Gasteiger partial charge >= 0.3 is 0 Å². The van der Waals surface area contributed by atoms with E-state index in [0.717, 1.165) is 12.8 Å². The quantitative estimate of drug-likeness (QED) is 0.363. The van der Waals surface area contributed by atoms with Gasteiger partial charge in [-0.3, -0.25) is 14.4 Å². The predicted molar refractivity (Wildman–Crippen MR) is 79.2 cm³/mol. The molecule has 0 aromatic rings. The molecule has 3 atom stereocenters. The van der Waals surface area contributed by atoms with Crippen LogP contribution >= 0.6 is 11.6 Å². The van der Waals surface area contributed by atoms with Gasteiger partial charge in [-0.05, 0) is 32.1 Å². The molecule has 0 fully saturated rings. The molecule has 0 aromatic heterocycles. The van der Waals surface area contributed by atoms with Gasteiger partial charge in [0, 0.05) is 0 Å². The molecule has 2 amide bonds. The fourth-order valence-electron chi connectivity index (χ4n) is 1.71. The maximum absolute atomic E-state index is 11.8. The van der Waals surface area contributed by atoms with Crippen LogP contribution in [-0.4, -0.2) is 29.5 Å². The summed E-state index contributed by atoms with van der Waals surface area (Å²) in [6, 6.07) is -0.679. The Kier molecular flexibility index (Phi) is 8.88. The highest BCUT2D eigenvalue weighted by Crippen LogP contribution is 2.14. The highest BCUT2D eigenvalue weighted by atomic mass is 35.5. The van der Waals surface area contributed by atoms with Crippen molar-refractivity contribution in [1.29, 1.82) is 0 Å². The second-order valence-corrected chi connectivity index (χ2v) is 5.26. The van der Waals surface area contributed by atoms with Crippen molar-refractivity contribution in [1.82, 2.24) is 5.32 Å². The number of nitrogens with one attached hydrogen (secondary N) is 1. The third-order valence-electron chi connectivity index (χ3n) is 3.16. The van der Waals surface area contributed by atoms with Crippen molar-refractivity contribution < 1.29 is 14.4 Å². The van der Waals surface area contributed by atoms with Gasteiger partial charge in [0.1, 0.15) is 5.92 Å². The second kappa shape index (κ2) is 9.53. The van der Waals surface area contributed by atoms with Gasteiger partial charge < -0.3 is 11.1 Å². The van der Waals surface area contributed by atoms with Crippen LogP contribution in [0.25, 0.3) is 0 Å². The fourth-order valence-corrected chi connectivity index (χ4v) is 1.90. The third-order valence-corrected chi connectivity index (χ3v) is 3.42. The van der Waals surface area contributed by atoms with E-state index in [4.69, 9.17) is 17.3 Å². The number of ketones is 1. The summed E-state index contributed by atoms with van der Waals surface area (Å²) in [4.78, 5) is 34.5. The normalized spacial score (nSPS) is 14.9. The zero-order valence-corrected chi connectivity index (χ0v) is 12.8. The maximum Gasteiger partial charge on any atom is 0.232 e. The second-order valence-electron chi connectivity index (χ2n) is 4.99. The van der Waals surface area contributed by atoms with E-state index in [0.29, 0.717) is 6.42 Å². The first-order valence-electron chi connectivity index (χ1n) is 6.62. The van der Waals surface area contributed by atoms with Crippen LogP contribution in [0.1, 0.15) is 33.1 Å². The predicted octanol–water partition coefficient (Wildman–Crippen LogP) is 1.39. The summed E-state index contributed by atoms with van der Waals surface area (Å²) < 4.78 is 0. The molecule has 3 N–H and O–H groups in total. The van der Waals surface area contributed by atoms with Crippen LogP contribution in [0.15, 0.2) is 12.7 Å². The molecule has 0 spiro atoms. The summed E-state index contributed by atoms with van der Waals surface area (Å²) in [5.41, 5.74) is 5.07. The average Bonchev–Trinajstić information content (AvgIpc) is 2.42. The van der Waals surface area contributed by atoms with Crippen LogP contribution in [0, 0.1) is 11.8 Å². The molecule has 0 saturated carbocycles. The molecule has 0 radical (unpaired) electrons. The highest BCUT2D eigenvalue weighted by molar-refractivity contribution is 6.28. The molecular weight excluding hydrogens is 280 g/mol. The molecule has 0 bridgehead atoms. The lowest BCUT2D eigenvalue weighted by Crippen LogP contribution is -2.47. The van der Waals surface area contributed by atoms with E-state index in [1.165, 1.54) is 6.92 Å². The first kappa shape index (κ1) is 18.6. The summed E-state index contributed by atoms with van der Waals surface area (Å²) in [6.45, 7) is 7.04. The van der Waals surface area contributed by atoms with E-state index >= 15 is 0 Å². The number of Topliss-reactive ketones (excluding diaryl/α,β-unsaturated/α-hetero) is 1. The lowest BCUT2D eigenvalue weighted by Gasteiger charge is -2.21. The number of primary amides is 1. The number of halogens is 1. The Labute approximate surface area is 124 Å². The molecule has 20 heavy (non-hydrogen) atoms. The number of alkyl halides is 1. The minimum Gasteiger partial charge on any atom is -0.369 e. The molecule has 0 rings (SSSR count). The number of hydrogen-bond donors (Lipinski definition) is 2. The van der Waals surface area contributed by atoms with Crippen LogP contribution in [0.2, 0.25) is 0 Å². The minimum absolute atomic E-state index is 0.177.